The van der Waals surface area contributed by atoms with Gasteiger partial charge in [-0.25, -0.2) is 4.98 Å². The van der Waals surface area contributed by atoms with Crippen molar-refractivity contribution in [3.8, 4) is 0 Å². The lowest BCUT2D eigenvalue weighted by Gasteiger charge is -2.07. The Balaban J connectivity index is 1.92. The van der Waals surface area contributed by atoms with Crippen LogP contribution in [0.2, 0.25) is 0 Å². The van der Waals surface area contributed by atoms with E-state index in [0.717, 1.165) is 16.9 Å². The van der Waals surface area contributed by atoms with E-state index >= 15 is 0 Å². The summed E-state index contributed by atoms with van der Waals surface area (Å²) in [6, 6.07) is 9.74. The fourth-order valence-electron chi connectivity index (χ4n) is 1.78. The first kappa shape index (κ1) is 10.0. The molecule has 0 saturated heterocycles. The molecule has 0 saturated carbocycles. The van der Waals surface area contributed by atoms with Gasteiger partial charge in [0.05, 0.1) is 18.9 Å². The minimum Gasteiger partial charge on any atom is -0.383 e. The Labute approximate surface area is 98.7 Å². The topological polar surface area (TPSA) is 73.1 Å². The molecule has 86 valence electrons. The molecular weight excluding hydrogens is 216 g/mol. The van der Waals surface area contributed by atoms with Gasteiger partial charge in [-0.15, -0.1) is 0 Å². The van der Waals surface area contributed by atoms with E-state index in [0.29, 0.717) is 25.0 Å². The largest absolute Gasteiger partial charge is 0.383 e. The van der Waals surface area contributed by atoms with Crippen LogP contribution in [0, 0.1) is 0 Å². The summed E-state index contributed by atoms with van der Waals surface area (Å²) in [6.45, 7) is 1.01. The van der Waals surface area contributed by atoms with Crippen LogP contribution < -0.4 is 11.1 Å². The van der Waals surface area contributed by atoms with Gasteiger partial charge in [-0.3, -0.25) is 0 Å². The van der Waals surface area contributed by atoms with Crippen LogP contribution in [-0.2, 0) is 18.0 Å². The number of ether oxygens (including phenoxy) is 1. The molecule has 1 aliphatic heterocycles. The normalized spacial score (nSPS) is 13.4. The maximum Gasteiger partial charge on any atom is 0.229 e. The van der Waals surface area contributed by atoms with E-state index in [1.54, 1.807) is 0 Å². The molecule has 5 nitrogen and oxygen atoms in total. The zero-order chi connectivity index (χ0) is 11.7. The van der Waals surface area contributed by atoms with Gasteiger partial charge in [0.25, 0.3) is 0 Å². The molecule has 5 heteroatoms. The Morgan fingerprint density at radius 1 is 1.12 bits per heavy atom. The number of nitrogens with two attached hydrogens (primary N) is 1. The number of aromatic nitrogens is 2. The van der Waals surface area contributed by atoms with Crippen molar-refractivity contribution in [1.29, 1.82) is 0 Å². The van der Waals surface area contributed by atoms with Crippen LogP contribution in [0.3, 0.4) is 0 Å². The summed E-state index contributed by atoms with van der Waals surface area (Å²) in [5, 5.41) is 3.12. The van der Waals surface area contributed by atoms with Crippen molar-refractivity contribution in [3.05, 3.63) is 41.6 Å². The Morgan fingerprint density at radius 2 is 1.94 bits per heavy atom. The van der Waals surface area contributed by atoms with Crippen molar-refractivity contribution in [2.24, 2.45) is 0 Å². The smallest absolute Gasteiger partial charge is 0.229 e. The van der Waals surface area contributed by atoms with Gasteiger partial charge in [-0.05, 0) is 12.1 Å². The quantitative estimate of drug-likeness (QED) is 0.820. The lowest BCUT2D eigenvalue weighted by Crippen LogP contribution is -2.05. The van der Waals surface area contributed by atoms with E-state index in [2.05, 4.69) is 15.3 Å². The monoisotopic (exact) mass is 228 g/mol. The fourth-order valence-corrected chi connectivity index (χ4v) is 1.78. The van der Waals surface area contributed by atoms with E-state index in [1.807, 2.05) is 30.3 Å². The lowest BCUT2D eigenvalue weighted by molar-refractivity contribution is 0.133. The highest BCUT2D eigenvalue weighted by molar-refractivity contribution is 5.56. The molecule has 0 amide bonds. The van der Waals surface area contributed by atoms with Gasteiger partial charge in [0.2, 0.25) is 5.95 Å². The molecule has 1 aromatic carbocycles. The Hall–Kier alpha value is -2.14. The van der Waals surface area contributed by atoms with Crippen LogP contribution in [0.1, 0.15) is 11.3 Å². The van der Waals surface area contributed by atoms with Gasteiger partial charge >= 0.3 is 0 Å². The Kier molecular flexibility index (Phi) is 2.38. The van der Waals surface area contributed by atoms with E-state index in [4.69, 9.17) is 10.5 Å². The van der Waals surface area contributed by atoms with Gasteiger partial charge < -0.3 is 15.8 Å². The number of fused-ring (bicyclic) bond motifs is 1. The number of nitrogens with zero attached hydrogens (tertiary/aromatic N) is 2. The maximum atomic E-state index is 5.86. The average Bonchev–Trinajstić information content (AvgIpc) is 2.79. The van der Waals surface area contributed by atoms with Crippen molar-refractivity contribution in [1.82, 2.24) is 9.97 Å². The minimum absolute atomic E-state index is 0.492. The predicted molar refractivity (Wildman–Crippen MR) is 64.7 cm³/mol. The van der Waals surface area contributed by atoms with Crippen molar-refractivity contribution >= 4 is 17.5 Å². The Morgan fingerprint density at radius 3 is 2.76 bits per heavy atom. The molecule has 3 N–H and O–H groups in total. The van der Waals surface area contributed by atoms with Gasteiger partial charge in [-0.2, -0.15) is 4.98 Å². The molecule has 0 unspecified atom stereocenters. The first-order valence-electron chi connectivity index (χ1n) is 5.38. The van der Waals surface area contributed by atoms with E-state index in [-0.39, 0.29) is 0 Å². The second-order valence-corrected chi connectivity index (χ2v) is 3.84. The molecule has 1 aliphatic rings. The second-order valence-electron chi connectivity index (χ2n) is 3.84. The average molecular weight is 228 g/mol. The van der Waals surface area contributed by atoms with E-state index in [9.17, 15) is 0 Å². The molecule has 17 heavy (non-hydrogen) atoms. The molecule has 3 rings (SSSR count). The number of para-hydroxylation sites is 1. The van der Waals surface area contributed by atoms with Crippen molar-refractivity contribution in [2.75, 3.05) is 11.1 Å². The zero-order valence-electron chi connectivity index (χ0n) is 9.18. The van der Waals surface area contributed by atoms with Crippen LogP contribution in [0.4, 0.5) is 17.5 Å². The molecule has 0 atom stereocenters. The third-order valence-electron chi connectivity index (χ3n) is 2.64. The van der Waals surface area contributed by atoms with Crippen LogP contribution in [-0.4, -0.2) is 9.97 Å². The SMILES string of the molecule is Nc1nc(Nc2ccccc2)nc2c1COC2. The third kappa shape index (κ3) is 1.92. The number of hydrogen-bond donors (Lipinski definition) is 2. The van der Waals surface area contributed by atoms with Gasteiger partial charge in [0, 0.05) is 11.3 Å². The van der Waals surface area contributed by atoms with Crippen molar-refractivity contribution < 1.29 is 4.74 Å². The first-order valence-corrected chi connectivity index (χ1v) is 5.38. The summed E-state index contributed by atoms with van der Waals surface area (Å²) < 4.78 is 5.29. The summed E-state index contributed by atoms with van der Waals surface area (Å²) in [5.41, 5.74) is 8.57. The molecule has 2 aromatic rings. The fraction of sp³-hybridized carbons (Fsp3) is 0.167. The summed E-state index contributed by atoms with van der Waals surface area (Å²) in [5.74, 6) is 1.00. The van der Waals surface area contributed by atoms with Crippen LogP contribution in [0.5, 0.6) is 0 Å². The molecule has 0 radical (unpaired) electrons. The maximum absolute atomic E-state index is 5.86. The van der Waals surface area contributed by atoms with E-state index in [1.165, 1.54) is 0 Å². The second kappa shape index (κ2) is 4.03. The van der Waals surface area contributed by atoms with Gasteiger partial charge in [-0.1, -0.05) is 18.2 Å². The number of nitrogen functional groups attached to an aromatic ring is 1. The highest BCUT2D eigenvalue weighted by atomic mass is 16.5. The first-order chi connectivity index (χ1) is 8.33. The van der Waals surface area contributed by atoms with Gasteiger partial charge in [0.15, 0.2) is 0 Å². The summed E-state index contributed by atoms with van der Waals surface area (Å²) in [6.07, 6.45) is 0. The summed E-state index contributed by atoms with van der Waals surface area (Å²) in [4.78, 5) is 8.60. The molecule has 0 aliphatic carbocycles. The number of anilines is 3. The predicted octanol–water partition coefficient (Wildman–Crippen LogP) is 1.83. The number of rotatable bonds is 2. The molecule has 0 bridgehead atoms. The van der Waals surface area contributed by atoms with E-state index < -0.39 is 0 Å². The molecule has 0 spiro atoms. The highest BCUT2D eigenvalue weighted by Crippen LogP contribution is 2.24. The van der Waals surface area contributed by atoms with Crippen LogP contribution in [0.25, 0.3) is 0 Å². The number of hydrogen-bond acceptors (Lipinski definition) is 5. The summed E-state index contributed by atoms with van der Waals surface area (Å²) >= 11 is 0. The molecule has 2 heterocycles. The van der Waals surface area contributed by atoms with Crippen LogP contribution in [0.15, 0.2) is 30.3 Å². The van der Waals surface area contributed by atoms with Crippen LogP contribution >= 0.6 is 0 Å². The molecular formula is C12H12N4O. The standard InChI is InChI=1S/C12H12N4O/c13-11-9-6-17-7-10(9)15-12(16-11)14-8-4-2-1-3-5-8/h1-5H,6-7H2,(H3,13,14,15,16). The van der Waals surface area contributed by atoms with Crippen molar-refractivity contribution in [2.45, 2.75) is 13.2 Å². The zero-order valence-corrected chi connectivity index (χ0v) is 9.18. The Bertz CT molecular complexity index is 542. The lowest BCUT2D eigenvalue weighted by atomic mass is 10.2. The minimum atomic E-state index is 0.492. The molecule has 1 aromatic heterocycles. The van der Waals surface area contributed by atoms with Crippen molar-refractivity contribution in [3.63, 3.8) is 0 Å². The number of benzene rings is 1. The summed E-state index contributed by atoms with van der Waals surface area (Å²) in [7, 11) is 0. The highest BCUT2D eigenvalue weighted by Gasteiger charge is 2.18. The molecule has 0 fully saturated rings. The third-order valence-corrected chi connectivity index (χ3v) is 2.64. The van der Waals surface area contributed by atoms with Gasteiger partial charge in [0.1, 0.15) is 5.82 Å². The number of nitrogens with one attached hydrogen (secondary N) is 1.